The van der Waals surface area contributed by atoms with Gasteiger partial charge in [0.1, 0.15) is 76.6 Å². The number of nitrogens with two attached hydrogens (primary N) is 1. The van der Waals surface area contributed by atoms with E-state index in [1.807, 2.05) is 13.8 Å². The molecule has 124 heavy (non-hydrogen) atoms. The first-order chi connectivity index (χ1) is 58.1. The molecule has 0 bridgehead atoms. The lowest BCUT2D eigenvalue weighted by Crippen LogP contribution is -2.57. The molecule has 2 saturated heterocycles. The Kier molecular flexibility index (Phi) is 27.9. The fourth-order valence-corrected chi connectivity index (χ4v) is 18.1. The zero-order chi connectivity index (χ0) is 89.9. The Hall–Kier alpha value is -10.8. The maximum absolute atomic E-state index is 14.1. The highest BCUT2D eigenvalue weighted by atomic mass is 35.5. The minimum absolute atomic E-state index is 0. The second-order valence-electron chi connectivity index (χ2n) is 33.6. The predicted octanol–water partition coefficient (Wildman–Crippen LogP) is 7.55. The van der Waals surface area contributed by atoms with Crippen LogP contribution in [0.1, 0.15) is 202 Å². The summed E-state index contributed by atoms with van der Waals surface area (Å²) < 4.78 is 46.0. The number of carboxylic acids is 1. The molecular weight excluding hydrogens is 1640 g/mol. The largest absolute Gasteiger partial charge is 0.511 e. The summed E-state index contributed by atoms with van der Waals surface area (Å²) in [4.78, 5) is 158. The molecular formula is C90H101ClN2O31. The van der Waals surface area contributed by atoms with E-state index in [4.69, 9.17) is 48.7 Å². The third kappa shape index (κ3) is 17.3. The van der Waals surface area contributed by atoms with E-state index in [2.05, 4.69) is 5.32 Å². The highest BCUT2D eigenvalue weighted by Crippen LogP contribution is 2.55. The number of hydrogen-bond donors (Lipinski definition) is 13. The fourth-order valence-electron chi connectivity index (χ4n) is 18.1. The number of fused-ring (bicyclic) bond motifs is 8. The number of aliphatic hydroxyl groups is 10. The number of aliphatic hydroxyl groups excluding tert-OH is 8. The van der Waals surface area contributed by atoms with Crippen molar-refractivity contribution >= 4 is 82.1 Å². The molecule has 4 aromatic rings. The summed E-state index contributed by atoms with van der Waals surface area (Å²) in [6, 6.07) is 16.8. The summed E-state index contributed by atoms with van der Waals surface area (Å²) in [6.45, 7) is 12.3. The molecule has 2 saturated carbocycles. The normalized spacial score (nSPS) is 28.2. The maximum atomic E-state index is 14.1. The first kappa shape index (κ1) is 93.9. The highest BCUT2D eigenvalue weighted by molar-refractivity contribution is 6.27. The van der Waals surface area contributed by atoms with Gasteiger partial charge in [0.25, 0.3) is 0 Å². The minimum Gasteiger partial charge on any atom is -0.511 e. The molecule has 14 N–H and O–H groups in total. The number of carbonyl (C=O) groups is 12. The van der Waals surface area contributed by atoms with Crippen LogP contribution in [0.5, 0.6) is 23.0 Å². The number of ketones is 10. The quantitative estimate of drug-likeness (QED) is 0.0341. The van der Waals surface area contributed by atoms with Gasteiger partial charge in [-0.15, -0.1) is 12.4 Å². The number of halogens is 1. The Morgan fingerprint density at radius 3 is 1.27 bits per heavy atom. The number of ether oxygens (including phenoxy) is 8. The number of nitrogens with one attached hydrogen (secondary N) is 1. The van der Waals surface area contributed by atoms with Crippen molar-refractivity contribution in [2.45, 2.75) is 192 Å². The average Bonchev–Trinajstić information content (AvgIpc) is 0.712. The Morgan fingerprint density at radius 2 is 0.895 bits per heavy atom. The van der Waals surface area contributed by atoms with Crippen LogP contribution < -0.4 is 30.0 Å². The number of allylic oxidation sites excluding steroid dienone is 8. The molecule has 8 aliphatic carbocycles. The van der Waals surface area contributed by atoms with Gasteiger partial charge < -0.3 is 105 Å². The molecule has 4 fully saturated rings. The summed E-state index contributed by atoms with van der Waals surface area (Å²) >= 11 is 0. The van der Waals surface area contributed by atoms with E-state index in [0.29, 0.717) is 31.1 Å². The number of carbonyl (C=O) groups excluding carboxylic acids is 11. The number of methoxy groups -OCH3 is 2. The van der Waals surface area contributed by atoms with Crippen molar-refractivity contribution in [3.63, 3.8) is 0 Å². The Labute approximate surface area is 717 Å². The number of aliphatic carboxylic acids is 1. The van der Waals surface area contributed by atoms with E-state index in [0.717, 1.165) is 6.42 Å². The van der Waals surface area contributed by atoms with Crippen LogP contribution in [0.4, 0.5) is 0 Å². The Balaban J connectivity index is 0.000000202. The summed E-state index contributed by atoms with van der Waals surface area (Å²) in [7, 11) is 2.65. The van der Waals surface area contributed by atoms with Gasteiger partial charge in [-0.2, -0.15) is 0 Å². The molecule has 0 radical (unpaired) electrons. The predicted molar refractivity (Wildman–Crippen MR) is 438 cm³/mol. The molecule has 33 nitrogen and oxygen atoms in total. The second-order valence-corrected chi connectivity index (χ2v) is 33.6. The van der Waals surface area contributed by atoms with Gasteiger partial charge in [-0.25, -0.2) is 0 Å². The number of hydrogen-bond acceptors (Lipinski definition) is 31. The van der Waals surface area contributed by atoms with Gasteiger partial charge in [-0.05, 0) is 63.1 Å². The van der Waals surface area contributed by atoms with Gasteiger partial charge >= 0.3 is 5.97 Å². The molecule has 0 aromatic heterocycles. The van der Waals surface area contributed by atoms with Gasteiger partial charge in [0.05, 0.1) is 116 Å². The molecule has 4 aromatic carbocycles. The number of carboxylic acid groups (broad SMARTS) is 1. The van der Waals surface area contributed by atoms with Crippen molar-refractivity contribution in [1.82, 2.24) is 5.32 Å². The lowest BCUT2D eigenvalue weighted by molar-refractivity contribution is -0.242. The van der Waals surface area contributed by atoms with Crippen molar-refractivity contribution < 1.29 is 152 Å². The van der Waals surface area contributed by atoms with Gasteiger partial charge in [0.2, 0.25) is 5.91 Å². The summed E-state index contributed by atoms with van der Waals surface area (Å²) in [5, 5.41) is 122. The second kappa shape index (κ2) is 36.8. The molecule has 10 aliphatic rings. The van der Waals surface area contributed by atoms with Crippen molar-refractivity contribution in [1.29, 1.82) is 0 Å². The molecule has 1 amide bonds. The number of Topliss-reactive ketones (excluding diaryl/α,β-unsaturated/α-hetero) is 8. The van der Waals surface area contributed by atoms with E-state index in [1.165, 1.54) is 75.8 Å². The molecule has 2 aliphatic heterocycles. The minimum atomic E-state index is -2.36. The monoisotopic (exact) mass is 1740 g/mol. The molecule has 14 rings (SSSR count). The topological polar surface area (TPSA) is 539 Å². The zero-order valence-corrected chi connectivity index (χ0v) is 70.5. The van der Waals surface area contributed by atoms with Crippen LogP contribution in [-0.2, 0) is 38.1 Å². The van der Waals surface area contributed by atoms with E-state index in [-0.39, 0.29) is 139 Å². The van der Waals surface area contributed by atoms with Crippen molar-refractivity contribution in [2.24, 2.45) is 40.2 Å². The molecule has 6 unspecified atom stereocenters. The van der Waals surface area contributed by atoms with Gasteiger partial charge in [-0.1, -0.05) is 90.1 Å². The maximum Gasteiger partial charge on any atom is 0.304 e. The lowest BCUT2D eigenvalue weighted by atomic mass is 9.63. The van der Waals surface area contributed by atoms with Crippen LogP contribution in [0.25, 0.3) is 0 Å². The van der Waals surface area contributed by atoms with Crippen molar-refractivity contribution in [3.8, 4) is 23.0 Å². The molecule has 0 spiro atoms. The lowest BCUT2D eigenvalue weighted by Gasteiger charge is -2.46. The number of amides is 1. The number of rotatable bonds is 23. The summed E-state index contributed by atoms with van der Waals surface area (Å²) in [5.74, 6) is -15.5. The smallest absolute Gasteiger partial charge is 0.304 e. The van der Waals surface area contributed by atoms with Crippen LogP contribution in [-0.4, -0.2) is 239 Å². The third-order valence-electron chi connectivity index (χ3n) is 24.4. The number of benzene rings is 4. The van der Waals surface area contributed by atoms with E-state index < -0.39 is 227 Å². The van der Waals surface area contributed by atoms with Crippen molar-refractivity contribution in [3.05, 3.63) is 186 Å². The molecule has 2 heterocycles. The zero-order valence-electron chi connectivity index (χ0n) is 69.6. The standard InChI is InChI=1S/C45H49NO15.C27H31NO11.C18H20O5.ClH/c1-6-13-59-28-12-8-9-21-33(28)26(48)14-24(39(21)52)44(3,4)18-31(50)46-25-15-32(60-20(2)38(25)51)61-29-17-45(57,30(49)19-47)16-23-35(29)43(56)37-36(41(23)54)40(53)22-10-7-11-27(58-5)34(22)42(37)55;1-10-22(31)13(28)6-17(38-10)39-15-8-27(36,16(30)9-29)7-12-19(15)26(35)21-20(24(12)33)23(32)11-4-3-5-14(37-2)18(11)25(21)34;1-4-8-23-14-7-5-6-11-16(14)13(19)9-12(17(11)22)18(2,3)10-15(20)21;/h7-12,14,20,25,29,32,36-38,47,51,54,56-57H,6,13,15-19H2,1-5H3,(H,46,50);3-5,10,13,15,17,20-22,29,31,33,35-36H,6-9,28H2,1-2H3;5-7,9H,4,8,10H2,1-3H3,(H,20,21);1H/t20-,25-,29-,32?,36?,37?,38+,45-;10-,13-,15-,17?,20?,21?,22+,27-;;/m00../s1. The van der Waals surface area contributed by atoms with E-state index >= 15 is 0 Å². The molecule has 16 atom stereocenters. The van der Waals surface area contributed by atoms with Gasteiger partial charge in [0.15, 0.2) is 70.4 Å². The summed E-state index contributed by atoms with van der Waals surface area (Å²) in [5.41, 5.74) is -0.172. The van der Waals surface area contributed by atoms with Crippen molar-refractivity contribution in [2.75, 3.05) is 40.6 Å². The first-order valence-electron chi connectivity index (χ1n) is 40.4. The van der Waals surface area contributed by atoms with Crippen LogP contribution in [0.2, 0.25) is 0 Å². The Bertz CT molecular complexity index is 5270. The van der Waals surface area contributed by atoms with E-state index in [1.54, 1.807) is 65.0 Å². The average molecular weight is 1740 g/mol. The highest BCUT2D eigenvalue weighted by Gasteiger charge is 2.60. The molecule has 664 valence electrons. The third-order valence-corrected chi connectivity index (χ3v) is 24.4. The van der Waals surface area contributed by atoms with Crippen LogP contribution in [0.15, 0.2) is 141 Å². The van der Waals surface area contributed by atoms with Gasteiger partial charge in [-0.3, -0.25) is 57.5 Å². The van der Waals surface area contributed by atoms with Gasteiger partial charge in [0, 0.05) is 118 Å². The first-order valence-corrected chi connectivity index (χ1v) is 40.4. The van der Waals surface area contributed by atoms with Crippen LogP contribution in [0.3, 0.4) is 0 Å². The van der Waals surface area contributed by atoms with Crippen LogP contribution >= 0.6 is 12.4 Å². The molecule has 34 heteroatoms. The summed E-state index contributed by atoms with van der Waals surface area (Å²) in [6.07, 6.45) is -8.01. The fraction of sp³-hybridized carbons (Fsp3) is 0.467. The van der Waals surface area contributed by atoms with E-state index in [9.17, 15) is 109 Å². The Morgan fingerprint density at radius 1 is 0.524 bits per heavy atom. The van der Waals surface area contributed by atoms with Crippen LogP contribution in [0, 0.1) is 34.5 Å². The SMILES string of the molecule is CCCOc1cccc2c1C(=O)C=C(C(C)(C)CC(=O)N[C@H]1CC(O[C@H]3C[C@](O)(C(=O)CO)CC4=C(O)C5C(=O)c6cccc(OC)c6C(=O)C5C(O)=C43)O[C@@H](C)[C@H]1O)C2=O.CCCOc1cccc2c1C(=O)C=C(C(C)(C)CC(=O)O)C2=O.COc1cccc2c1C(=O)C1C(O)=C3C(=C(O)C1C2=O)C[C@@](O)(C(=O)CO)C[C@@H]3OC1C[C@H](N)[C@H](O)[C@H](C)O1.Cl.